The molecule has 0 unspecified atom stereocenters. The van der Waals surface area contributed by atoms with Crippen LogP contribution in [-0.2, 0) is 16.1 Å². The number of carbonyl (C=O) groups excluding carboxylic acids is 1. The van der Waals surface area contributed by atoms with Crippen LogP contribution in [0.5, 0.6) is 0 Å². The lowest BCUT2D eigenvalue weighted by atomic mass is 9.96. The van der Waals surface area contributed by atoms with Crippen molar-refractivity contribution in [1.29, 1.82) is 0 Å². The van der Waals surface area contributed by atoms with E-state index in [0.29, 0.717) is 0 Å². The van der Waals surface area contributed by atoms with Crippen molar-refractivity contribution in [2.45, 2.75) is 39.3 Å². The van der Waals surface area contributed by atoms with E-state index in [1.165, 1.54) is 5.56 Å². The first-order valence-corrected chi connectivity index (χ1v) is 7.12. The van der Waals surface area contributed by atoms with Gasteiger partial charge in [-0.15, -0.1) is 0 Å². The molecule has 0 aliphatic carbocycles. The summed E-state index contributed by atoms with van der Waals surface area (Å²) in [6.07, 6.45) is 1.83. The van der Waals surface area contributed by atoms with E-state index in [0.717, 1.165) is 32.5 Å². The summed E-state index contributed by atoms with van der Waals surface area (Å²) in [6, 6.07) is 10.5. The smallest absolute Gasteiger partial charge is 0.309 e. The molecular weight excluding hydrogens is 238 g/mol. The number of hydrogen-bond acceptors (Lipinski definition) is 3. The predicted octanol–water partition coefficient (Wildman–Crippen LogP) is 2.85. The number of carbonyl (C=O) groups is 1. The summed E-state index contributed by atoms with van der Waals surface area (Å²) >= 11 is 0. The summed E-state index contributed by atoms with van der Waals surface area (Å²) in [6.45, 7) is 6.75. The Hall–Kier alpha value is -1.35. The SMILES string of the molecule is CC(C)OC(=O)C1CCN(Cc2ccccc2)CC1. The molecule has 0 saturated carbocycles. The zero-order valence-corrected chi connectivity index (χ0v) is 11.8. The average molecular weight is 261 g/mol. The van der Waals surface area contributed by atoms with Crippen LogP contribution in [0.15, 0.2) is 30.3 Å². The standard InChI is InChI=1S/C16H23NO2/c1-13(2)19-16(18)15-8-10-17(11-9-15)12-14-6-4-3-5-7-14/h3-7,13,15H,8-12H2,1-2H3. The Kier molecular flexibility index (Phi) is 4.97. The lowest BCUT2D eigenvalue weighted by Crippen LogP contribution is -2.37. The number of hydrogen-bond donors (Lipinski definition) is 0. The minimum atomic E-state index is -0.0191. The molecule has 1 aromatic rings. The molecule has 3 heteroatoms. The molecule has 1 saturated heterocycles. The van der Waals surface area contributed by atoms with Crippen LogP contribution < -0.4 is 0 Å². The van der Waals surface area contributed by atoms with Gasteiger partial charge < -0.3 is 4.74 Å². The normalized spacial score (nSPS) is 17.6. The van der Waals surface area contributed by atoms with Crippen LogP contribution in [0.2, 0.25) is 0 Å². The van der Waals surface area contributed by atoms with Crippen LogP contribution >= 0.6 is 0 Å². The Morgan fingerprint density at radius 2 is 1.89 bits per heavy atom. The fourth-order valence-corrected chi connectivity index (χ4v) is 2.50. The number of piperidine rings is 1. The molecule has 1 aromatic carbocycles. The van der Waals surface area contributed by atoms with Crippen molar-refractivity contribution < 1.29 is 9.53 Å². The van der Waals surface area contributed by atoms with Gasteiger partial charge >= 0.3 is 5.97 Å². The zero-order valence-electron chi connectivity index (χ0n) is 11.8. The second-order valence-electron chi connectivity index (χ2n) is 5.52. The van der Waals surface area contributed by atoms with Gasteiger partial charge in [-0.25, -0.2) is 0 Å². The van der Waals surface area contributed by atoms with E-state index in [4.69, 9.17) is 4.74 Å². The summed E-state index contributed by atoms with van der Waals surface area (Å²) in [5, 5.41) is 0. The van der Waals surface area contributed by atoms with Gasteiger partial charge in [0, 0.05) is 6.54 Å². The van der Waals surface area contributed by atoms with Gasteiger partial charge in [0.1, 0.15) is 0 Å². The van der Waals surface area contributed by atoms with Gasteiger partial charge in [-0.3, -0.25) is 9.69 Å². The molecule has 0 N–H and O–H groups in total. The van der Waals surface area contributed by atoms with E-state index in [1.807, 2.05) is 19.9 Å². The van der Waals surface area contributed by atoms with Gasteiger partial charge in [0.25, 0.3) is 0 Å². The van der Waals surface area contributed by atoms with Gasteiger partial charge in [-0.2, -0.15) is 0 Å². The second kappa shape index (κ2) is 6.71. The third kappa shape index (κ3) is 4.35. The highest BCUT2D eigenvalue weighted by molar-refractivity contribution is 5.72. The summed E-state index contributed by atoms with van der Waals surface area (Å²) < 4.78 is 5.29. The van der Waals surface area contributed by atoms with Crippen molar-refractivity contribution in [2.24, 2.45) is 5.92 Å². The maximum atomic E-state index is 11.8. The van der Waals surface area contributed by atoms with E-state index in [-0.39, 0.29) is 18.0 Å². The molecule has 0 aromatic heterocycles. The molecular formula is C16H23NO2. The number of esters is 1. The maximum absolute atomic E-state index is 11.8. The summed E-state index contributed by atoms with van der Waals surface area (Å²) in [5.41, 5.74) is 1.34. The van der Waals surface area contributed by atoms with Crippen LogP contribution in [0.3, 0.4) is 0 Å². The van der Waals surface area contributed by atoms with Crippen molar-refractivity contribution in [3.8, 4) is 0 Å². The second-order valence-corrected chi connectivity index (χ2v) is 5.52. The number of benzene rings is 1. The Morgan fingerprint density at radius 1 is 1.26 bits per heavy atom. The monoisotopic (exact) mass is 261 g/mol. The van der Waals surface area contributed by atoms with E-state index in [2.05, 4.69) is 29.2 Å². The molecule has 2 rings (SSSR count). The number of rotatable bonds is 4. The van der Waals surface area contributed by atoms with E-state index in [1.54, 1.807) is 0 Å². The fourth-order valence-electron chi connectivity index (χ4n) is 2.50. The Bertz CT molecular complexity index is 394. The van der Waals surface area contributed by atoms with Crippen molar-refractivity contribution in [3.63, 3.8) is 0 Å². The molecule has 0 bridgehead atoms. The van der Waals surface area contributed by atoms with Gasteiger partial charge in [-0.1, -0.05) is 30.3 Å². The number of nitrogens with zero attached hydrogens (tertiary/aromatic N) is 1. The summed E-state index contributed by atoms with van der Waals surface area (Å²) in [4.78, 5) is 14.2. The molecule has 1 heterocycles. The quantitative estimate of drug-likeness (QED) is 0.781. The Labute approximate surface area is 115 Å². The van der Waals surface area contributed by atoms with Gasteiger partial charge in [-0.05, 0) is 45.3 Å². The van der Waals surface area contributed by atoms with Crippen LogP contribution in [0.25, 0.3) is 0 Å². The zero-order chi connectivity index (χ0) is 13.7. The molecule has 3 nitrogen and oxygen atoms in total. The predicted molar refractivity (Wildman–Crippen MR) is 75.7 cm³/mol. The first-order chi connectivity index (χ1) is 9.15. The minimum Gasteiger partial charge on any atom is -0.463 e. The van der Waals surface area contributed by atoms with Crippen molar-refractivity contribution in [2.75, 3.05) is 13.1 Å². The van der Waals surface area contributed by atoms with Gasteiger partial charge in [0.15, 0.2) is 0 Å². The van der Waals surface area contributed by atoms with Crippen LogP contribution in [-0.4, -0.2) is 30.1 Å². The maximum Gasteiger partial charge on any atom is 0.309 e. The van der Waals surface area contributed by atoms with E-state index >= 15 is 0 Å². The minimum absolute atomic E-state index is 0.00477. The van der Waals surface area contributed by atoms with Crippen molar-refractivity contribution >= 4 is 5.97 Å². The average Bonchev–Trinajstić information content (AvgIpc) is 2.40. The van der Waals surface area contributed by atoms with E-state index in [9.17, 15) is 4.79 Å². The molecule has 1 aliphatic rings. The van der Waals surface area contributed by atoms with Gasteiger partial charge in [0.2, 0.25) is 0 Å². The largest absolute Gasteiger partial charge is 0.463 e. The number of likely N-dealkylation sites (tertiary alicyclic amines) is 1. The molecule has 0 atom stereocenters. The molecule has 1 aliphatic heterocycles. The summed E-state index contributed by atoms with van der Waals surface area (Å²) in [5.74, 6) is 0.0729. The van der Waals surface area contributed by atoms with Crippen molar-refractivity contribution in [3.05, 3.63) is 35.9 Å². The highest BCUT2D eigenvalue weighted by Crippen LogP contribution is 2.20. The highest BCUT2D eigenvalue weighted by atomic mass is 16.5. The van der Waals surface area contributed by atoms with E-state index < -0.39 is 0 Å². The third-order valence-electron chi connectivity index (χ3n) is 3.52. The third-order valence-corrected chi connectivity index (χ3v) is 3.52. The van der Waals surface area contributed by atoms with Crippen LogP contribution in [0.1, 0.15) is 32.3 Å². The van der Waals surface area contributed by atoms with Crippen LogP contribution in [0.4, 0.5) is 0 Å². The molecule has 104 valence electrons. The molecule has 0 spiro atoms. The number of ether oxygens (including phenoxy) is 1. The Morgan fingerprint density at radius 3 is 2.47 bits per heavy atom. The van der Waals surface area contributed by atoms with Gasteiger partial charge in [0.05, 0.1) is 12.0 Å². The lowest BCUT2D eigenvalue weighted by Gasteiger charge is -2.31. The topological polar surface area (TPSA) is 29.5 Å². The lowest BCUT2D eigenvalue weighted by molar-refractivity contribution is -0.154. The molecule has 0 amide bonds. The first kappa shape index (κ1) is 14.1. The molecule has 0 radical (unpaired) electrons. The van der Waals surface area contributed by atoms with Crippen LogP contribution in [0, 0.1) is 5.92 Å². The first-order valence-electron chi connectivity index (χ1n) is 7.12. The molecule has 1 fully saturated rings. The highest BCUT2D eigenvalue weighted by Gasteiger charge is 2.26. The van der Waals surface area contributed by atoms with Crippen molar-refractivity contribution in [1.82, 2.24) is 4.90 Å². The Balaban J connectivity index is 1.78. The molecule has 19 heavy (non-hydrogen) atoms. The summed E-state index contributed by atoms with van der Waals surface area (Å²) in [7, 11) is 0. The fraction of sp³-hybridized carbons (Fsp3) is 0.562.